The minimum Gasteiger partial charge on any atom is -0.478 e. The van der Waals surface area contributed by atoms with Crippen molar-refractivity contribution in [3.05, 3.63) is 29.3 Å². The molecule has 0 unspecified atom stereocenters. The molecule has 0 bridgehead atoms. The van der Waals surface area contributed by atoms with Crippen molar-refractivity contribution in [1.82, 2.24) is 10.6 Å². The summed E-state index contributed by atoms with van der Waals surface area (Å²) >= 11 is 0. The smallest absolute Gasteiger partial charge is 0.335 e. The Bertz CT molecular complexity index is 530. The molecule has 0 aliphatic heterocycles. The Kier molecular flexibility index (Phi) is 5.33. The Labute approximate surface area is 115 Å². The van der Waals surface area contributed by atoms with E-state index in [0.29, 0.717) is 5.69 Å². The molecule has 0 saturated carbocycles. The molecular weight excluding hydrogens is 264 g/mol. The van der Waals surface area contributed by atoms with Gasteiger partial charge in [0.1, 0.15) is 0 Å². The molecule has 0 atom stereocenters. The van der Waals surface area contributed by atoms with Gasteiger partial charge in [0.2, 0.25) is 0 Å². The molecule has 0 spiro atoms. The molecule has 1 aromatic carbocycles. The predicted octanol–water partition coefficient (Wildman–Crippen LogP) is 0.483. The number of urea groups is 2. The maximum absolute atomic E-state index is 11.6. The van der Waals surface area contributed by atoms with Gasteiger partial charge in [0.15, 0.2) is 0 Å². The second-order valence-corrected chi connectivity index (χ2v) is 4.01. The number of nitrogens with one attached hydrogen (secondary N) is 3. The van der Waals surface area contributed by atoms with Gasteiger partial charge < -0.3 is 26.8 Å². The first-order valence-electron chi connectivity index (χ1n) is 5.82. The number of benzene rings is 1. The number of hydrogen-bond donors (Lipinski definition) is 5. The third-order valence-corrected chi connectivity index (χ3v) is 2.44. The van der Waals surface area contributed by atoms with E-state index in [9.17, 15) is 14.4 Å². The number of primary amides is 1. The van der Waals surface area contributed by atoms with E-state index < -0.39 is 18.0 Å². The van der Waals surface area contributed by atoms with Crippen molar-refractivity contribution in [2.45, 2.75) is 6.92 Å². The largest absolute Gasteiger partial charge is 0.478 e. The molecule has 6 N–H and O–H groups in total. The van der Waals surface area contributed by atoms with Gasteiger partial charge in [-0.05, 0) is 24.6 Å². The molecule has 0 saturated heterocycles. The fraction of sp³-hybridized carbons (Fsp3) is 0.250. The van der Waals surface area contributed by atoms with Crippen LogP contribution in [0.5, 0.6) is 0 Å². The number of nitrogens with two attached hydrogens (primary N) is 1. The highest BCUT2D eigenvalue weighted by Gasteiger charge is 2.08. The van der Waals surface area contributed by atoms with Crippen LogP contribution in [0.3, 0.4) is 0 Å². The Balaban J connectivity index is 2.55. The van der Waals surface area contributed by atoms with E-state index in [0.717, 1.165) is 5.56 Å². The normalized spacial score (nSPS) is 9.65. The summed E-state index contributed by atoms with van der Waals surface area (Å²) in [6.07, 6.45) is 0. The van der Waals surface area contributed by atoms with Gasteiger partial charge >= 0.3 is 18.0 Å². The first-order chi connectivity index (χ1) is 9.40. The minimum absolute atomic E-state index is 0.0845. The minimum atomic E-state index is -1.07. The van der Waals surface area contributed by atoms with Gasteiger partial charge in [0.05, 0.1) is 5.56 Å². The van der Waals surface area contributed by atoms with Crippen molar-refractivity contribution in [2.24, 2.45) is 5.73 Å². The maximum Gasteiger partial charge on any atom is 0.335 e. The number of amides is 4. The van der Waals surface area contributed by atoms with Crippen molar-refractivity contribution in [3.8, 4) is 0 Å². The lowest BCUT2D eigenvalue weighted by Crippen LogP contribution is -2.38. The molecule has 0 fully saturated rings. The van der Waals surface area contributed by atoms with Gasteiger partial charge in [0.25, 0.3) is 0 Å². The number of anilines is 1. The van der Waals surface area contributed by atoms with Crippen molar-refractivity contribution in [1.29, 1.82) is 0 Å². The van der Waals surface area contributed by atoms with Crippen molar-refractivity contribution in [2.75, 3.05) is 18.4 Å². The standard InChI is InChI=1S/C12H16N4O4/c1-7-2-3-8(10(17)18)6-9(7)16-12(20)15-5-4-14-11(13)19/h2-3,6H,4-5H2,1H3,(H,17,18)(H3,13,14,19)(H2,15,16,20). The van der Waals surface area contributed by atoms with Gasteiger partial charge in [-0.1, -0.05) is 6.07 Å². The topological polar surface area (TPSA) is 134 Å². The van der Waals surface area contributed by atoms with Crippen LogP contribution in [-0.2, 0) is 0 Å². The molecule has 0 aliphatic rings. The highest BCUT2D eigenvalue weighted by atomic mass is 16.4. The zero-order valence-electron chi connectivity index (χ0n) is 10.9. The summed E-state index contributed by atoms with van der Waals surface area (Å²) in [6, 6.07) is 3.27. The zero-order chi connectivity index (χ0) is 15.1. The van der Waals surface area contributed by atoms with Crippen LogP contribution < -0.4 is 21.7 Å². The monoisotopic (exact) mass is 280 g/mol. The fourth-order valence-corrected chi connectivity index (χ4v) is 1.42. The number of carbonyl (C=O) groups excluding carboxylic acids is 2. The number of carboxylic acid groups (broad SMARTS) is 1. The number of aryl methyl sites for hydroxylation is 1. The third-order valence-electron chi connectivity index (χ3n) is 2.44. The van der Waals surface area contributed by atoms with E-state index >= 15 is 0 Å². The van der Waals surface area contributed by atoms with Crippen LogP contribution in [0.2, 0.25) is 0 Å². The van der Waals surface area contributed by atoms with E-state index in [2.05, 4.69) is 16.0 Å². The molecule has 0 aliphatic carbocycles. The lowest BCUT2D eigenvalue weighted by atomic mass is 10.1. The number of carboxylic acids is 1. The van der Waals surface area contributed by atoms with E-state index in [1.54, 1.807) is 13.0 Å². The molecule has 1 aromatic rings. The van der Waals surface area contributed by atoms with Crippen molar-refractivity contribution in [3.63, 3.8) is 0 Å². The van der Waals surface area contributed by atoms with Gasteiger partial charge in [0, 0.05) is 18.8 Å². The number of aromatic carboxylic acids is 1. The number of carbonyl (C=O) groups is 3. The molecule has 0 aromatic heterocycles. The fourth-order valence-electron chi connectivity index (χ4n) is 1.42. The van der Waals surface area contributed by atoms with E-state index in [1.165, 1.54) is 12.1 Å². The van der Waals surface area contributed by atoms with E-state index in [4.69, 9.17) is 10.8 Å². The van der Waals surface area contributed by atoms with E-state index in [-0.39, 0.29) is 18.7 Å². The van der Waals surface area contributed by atoms with Crippen LogP contribution in [0.4, 0.5) is 15.3 Å². The predicted molar refractivity (Wildman–Crippen MR) is 72.7 cm³/mol. The first-order valence-corrected chi connectivity index (χ1v) is 5.82. The van der Waals surface area contributed by atoms with Crippen LogP contribution in [-0.4, -0.2) is 36.2 Å². The quantitative estimate of drug-likeness (QED) is 0.501. The summed E-state index contributed by atoms with van der Waals surface area (Å²) in [4.78, 5) is 32.8. The molecule has 20 heavy (non-hydrogen) atoms. The van der Waals surface area contributed by atoms with Crippen molar-refractivity contribution < 1.29 is 19.5 Å². The van der Waals surface area contributed by atoms with Gasteiger partial charge in [-0.25, -0.2) is 14.4 Å². The van der Waals surface area contributed by atoms with E-state index in [1.807, 2.05) is 0 Å². The molecule has 4 amide bonds. The second kappa shape index (κ2) is 6.98. The molecule has 108 valence electrons. The Morgan fingerprint density at radius 2 is 1.85 bits per heavy atom. The Morgan fingerprint density at radius 3 is 2.45 bits per heavy atom. The summed E-state index contributed by atoms with van der Waals surface area (Å²) in [6.45, 7) is 2.15. The average Bonchev–Trinajstić information content (AvgIpc) is 2.37. The molecular formula is C12H16N4O4. The van der Waals surface area contributed by atoms with Crippen LogP contribution in [0, 0.1) is 6.92 Å². The lowest BCUT2D eigenvalue weighted by molar-refractivity contribution is 0.0697. The summed E-state index contributed by atoms with van der Waals surface area (Å²) in [5.74, 6) is -1.07. The number of rotatable bonds is 5. The number of hydrogen-bond acceptors (Lipinski definition) is 3. The maximum atomic E-state index is 11.6. The molecule has 1 rings (SSSR count). The van der Waals surface area contributed by atoms with Crippen LogP contribution >= 0.6 is 0 Å². The molecule has 0 heterocycles. The third kappa shape index (κ3) is 4.84. The second-order valence-electron chi connectivity index (χ2n) is 4.01. The molecule has 8 heteroatoms. The van der Waals surface area contributed by atoms with Gasteiger partial charge in [-0.2, -0.15) is 0 Å². The molecule has 0 radical (unpaired) electrons. The summed E-state index contributed by atoms with van der Waals surface area (Å²) in [5, 5.41) is 16.2. The highest BCUT2D eigenvalue weighted by Crippen LogP contribution is 2.16. The van der Waals surface area contributed by atoms with Crippen LogP contribution in [0.25, 0.3) is 0 Å². The molecule has 8 nitrogen and oxygen atoms in total. The summed E-state index contributed by atoms with van der Waals surface area (Å²) in [7, 11) is 0. The van der Waals surface area contributed by atoms with Gasteiger partial charge in [-0.3, -0.25) is 0 Å². The average molecular weight is 280 g/mol. The first kappa shape index (κ1) is 15.3. The highest BCUT2D eigenvalue weighted by molar-refractivity contribution is 5.93. The van der Waals surface area contributed by atoms with Crippen molar-refractivity contribution >= 4 is 23.7 Å². The van der Waals surface area contributed by atoms with Crippen LogP contribution in [0.15, 0.2) is 18.2 Å². The Morgan fingerprint density at radius 1 is 1.20 bits per heavy atom. The Hall–Kier alpha value is -2.77. The lowest BCUT2D eigenvalue weighted by Gasteiger charge is -2.10. The zero-order valence-corrected chi connectivity index (χ0v) is 10.9. The van der Waals surface area contributed by atoms with Crippen LogP contribution in [0.1, 0.15) is 15.9 Å². The summed E-state index contributed by atoms with van der Waals surface area (Å²) < 4.78 is 0. The SMILES string of the molecule is Cc1ccc(C(=O)O)cc1NC(=O)NCCNC(N)=O. The summed E-state index contributed by atoms with van der Waals surface area (Å²) in [5.41, 5.74) is 6.09. The van der Waals surface area contributed by atoms with Gasteiger partial charge in [-0.15, -0.1) is 0 Å².